The van der Waals surface area contributed by atoms with Gasteiger partial charge in [0.05, 0.1) is 11.6 Å². The number of hydrogen-bond donors (Lipinski definition) is 2. The summed E-state index contributed by atoms with van der Waals surface area (Å²) in [5, 5.41) is 4.72. The molecule has 1 heterocycles. The summed E-state index contributed by atoms with van der Waals surface area (Å²) >= 11 is 5.68. The summed E-state index contributed by atoms with van der Waals surface area (Å²) in [5.74, 6) is -0.470. The number of pyridine rings is 1. The van der Waals surface area contributed by atoms with E-state index in [9.17, 15) is 13.6 Å². The Balaban J connectivity index is 2.46. The number of carbonyl (C=O) groups excluding carboxylic acids is 1. The molecular formula is C10H12ClF2N3O. The molecule has 94 valence electrons. The van der Waals surface area contributed by atoms with Crippen molar-refractivity contribution in [1.29, 1.82) is 0 Å². The second-order valence-corrected chi connectivity index (χ2v) is 3.69. The van der Waals surface area contributed by atoms with Gasteiger partial charge in [-0.1, -0.05) is 11.6 Å². The number of nitrogens with zero attached hydrogens (tertiary/aromatic N) is 1. The van der Waals surface area contributed by atoms with Crippen LogP contribution in [-0.2, 0) is 0 Å². The molecule has 0 radical (unpaired) electrons. The minimum absolute atomic E-state index is 0.317. The molecule has 1 aromatic heterocycles. The van der Waals surface area contributed by atoms with E-state index in [-0.39, 0.29) is 0 Å². The van der Waals surface area contributed by atoms with E-state index in [4.69, 9.17) is 11.6 Å². The van der Waals surface area contributed by atoms with Crippen LogP contribution in [0.3, 0.4) is 0 Å². The number of halogens is 3. The predicted molar refractivity (Wildman–Crippen MR) is 60.2 cm³/mol. The van der Waals surface area contributed by atoms with Gasteiger partial charge < -0.3 is 5.32 Å². The van der Waals surface area contributed by atoms with Crippen LogP contribution in [0.1, 0.15) is 10.4 Å². The minimum atomic E-state index is -1.04. The van der Waals surface area contributed by atoms with Crippen molar-refractivity contribution in [2.45, 2.75) is 11.7 Å². The van der Waals surface area contributed by atoms with Gasteiger partial charge in [0.25, 0.3) is 5.91 Å². The summed E-state index contributed by atoms with van der Waals surface area (Å²) in [7, 11) is 0. The number of aromatic nitrogens is 1. The van der Waals surface area contributed by atoms with E-state index < -0.39 is 30.9 Å². The highest BCUT2D eigenvalue weighted by Crippen LogP contribution is 1.98. The Hall–Kier alpha value is -1.27. The zero-order valence-corrected chi connectivity index (χ0v) is 9.62. The van der Waals surface area contributed by atoms with Gasteiger partial charge in [-0.25, -0.2) is 8.78 Å². The molecule has 0 saturated heterocycles. The molecule has 0 aliphatic rings. The second-order valence-electron chi connectivity index (χ2n) is 3.25. The lowest BCUT2D eigenvalue weighted by atomic mass is 10.3. The molecule has 2 N–H and O–H groups in total. The Morgan fingerprint density at radius 1 is 1.47 bits per heavy atom. The fourth-order valence-corrected chi connectivity index (χ4v) is 1.35. The van der Waals surface area contributed by atoms with Gasteiger partial charge in [-0.15, -0.1) is 0 Å². The smallest absolute Gasteiger partial charge is 0.254 e. The molecule has 17 heavy (non-hydrogen) atoms. The maximum atomic E-state index is 12.2. The van der Waals surface area contributed by atoms with Gasteiger partial charge in [0.15, 0.2) is 5.62 Å². The molecule has 0 aromatic carbocycles. The topological polar surface area (TPSA) is 54.0 Å². The molecule has 4 nitrogen and oxygen atoms in total. The molecule has 0 fully saturated rings. The van der Waals surface area contributed by atoms with E-state index in [1.54, 1.807) is 12.1 Å². The highest BCUT2D eigenvalue weighted by atomic mass is 35.5. The third-order valence-electron chi connectivity index (χ3n) is 1.94. The van der Waals surface area contributed by atoms with Crippen molar-refractivity contribution in [1.82, 2.24) is 15.6 Å². The van der Waals surface area contributed by atoms with Gasteiger partial charge in [0, 0.05) is 12.4 Å². The summed E-state index contributed by atoms with van der Waals surface area (Å²) in [5.41, 5.74) is -0.726. The van der Waals surface area contributed by atoms with Gasteiger partial charge in [0.1, 0.15) is 13.3 Å². The largest absolute Gasteiger partial charge is 0.324 e. The highest BCUT2D eigenvalue weighted by Gasteiger charge is 2.15. The van der Waals surface area contributed by atoms with Crippen LogP contribution in [0.4, 0.5) is 8.78 Å². The van der Waals surface area contributed by atoms with Crippen LogP contribution >= 0.6 is 11.6 Å². The van der Waals surface area contributed by atoms with Crippen LogP contribution in [0.2, 0.25) is 0 Å². The molecule has 0 spiro atoms. The number of alkyl halides is 3. The maximum absolute atomic E-state index is 12.2. The first-order chi connectivity index (χ1) is 8.17. The van der Waals surface area contributed by atoms with Crippen LogP contribution in [0, 0.1) is 0 Å². The highest BCUT2D eigenvalue weighted by molar-refractivity contribution is 6.21. The van der Waals surface area contributed by atoms with E-state index in [1.165, 1.54) is 12.4 Å². The van der Waals surface area contributed by atoms with Gasteiger partial charge in [-0.3, -0.25) is 15.1 Å². The Labute approximate surface area is 102 Å². The zero-order chi connectivity index (χ0) is 12.7. The van der Waals surface area contributed by atoms with Gasteiger partial charge in [-0.2, -0.15) is 0 Å². The normalized spacial score (nSPS) is 12.5. The molecule has 0 saturated carbocycles. The summed E-state index contributed by atoms with van der Waals surface area (Å²) in [6, 6.07) is 2.12. The zero-order valence-electron chi connectivity index (χ0n) is 8.87. The summed E-state index contributed by atoms with van der Waals surface area (Å²) < 4.78 is 24.4. The van der Waals surface area contributed by atoms with Gasteiger partial charge in [-0.05, 0) is 12.1 Å². The third kappa shape index (κ3) is 4.62. The lowest BCUT2D eigenvalue weighted by molar-refractivity contribution is 0.0939. The van der Waals surface area contributed by atoms with Crippen LogP contribution in [0.15, 0.2) is 24.5 Å². The molecule has 1 rings (SSSR count). The SMILES string of the molecule is O=C(NC(Cl)NC(CF)CF)c1cccnc1. The van der Waals surface area contributed by atoms with E-state index in [0.717, 1.165) is 0 Å². The van der Waals surface area contributed by atoms with Crippen molar-refractivity contribution in [3.63, 3.8) is 0 Å². The predicted octanol–water partition coefficient (Wildman–Crippen LogP) is 1.23. The quantitative estimate of drug-likeness (QED) is 0.461. The van der Waals surface area contributed by atoms with Crippen molar-refractivity contribution >= 4 is 17.5 Å². The monoisotopic (exact) mass is 263 g/mol. The number of amides is 1. The Bertz CT molecular complexity index is 349. The number of carbonyl (C=O) groups is 1. The van der Waals surface area contributed by atoms with Crippen molar-refractivity contribution in [2.75, 3.05) is 13.3 Å². The lowest BCUT2D eigenvalue weighted by Crippen LogP contribution is -2.47. The first kappa shape index (κ1) is 13.8. The number of rotatable bonds is 6. The molecular weight excluding hydrogens is 252 g/mol. The van der Waals surface area contributed by atoms with Crippen LogP contribution in [-0.4, -0.2) is 35.9 Å². The third-order valence-corrected chi connectivity index (χ3v) is 2.17. The standard InChI is InChI=1S/C10H12ClF2N3O/c11-10(15-8(4-12)5-13)16-9(17)7-2-1-3-14-6-7/h1-3,6,8,10,15H,4-5H2,(H,16,17). The first-order valence-electron chi connectivity index (χ1n) is 4.90. The Morgan fingerprint density at radius 3 is 2.71 bits per heavy atom. The second kappa shape index (κ2) is 7.13. The van der Waals surface area contributed by atoms with Crippen molar-refractivity contribution in [2.24, 2.45) is 0 Å². The molecule has 1 aromatic rings. The minimum Gasteiger partial charge on any atom is -0.324 e. The fourth-order valence-electron chi connectivity index (χ4n) is 1.07. The molecule has 1 amide bonds. The molecule has 1 atom stereocenters. The lowest BCUT2D eigenvalue weighted by Gasteiger charge is -2.17. The Kier molecular flexibility index (Phi) is 5.79. The summed E-state index contributed by atoms with van der Waals surface area (Å²) in [6.45, 7) is -1.80. The molecule has 1 unspecified atom stereocenters. The number of hydrogen-bond acceptors (Lipinski definition) is 3. The average Bonchev–Trinajstić information content (AvgIpc) is 2.37. The summed E-state index contributed by atoms with van der Waals surface area (Å²) in [6.07, 6.45) is 2.89. The fraction of sp³-hybridized carbons (Fsp3) is 0.400. The van der Waals surface area contributed by atoms with Crippen molar-refractivity contribution in [3.8, 4) is 0 Å². The average molecular weight is 264 g/mol. The van der Waals surface area contributed by atoms with Crippen LogP contribution in [0.25, 0.3) is 0 Å². The molecule has 7 heteroatoms. The molecule has 0 aliphatic carbocycles. The van der Waals surface area contributed by atoms with Crippen LogP contribution in [0.5, 0.6) is 0 Å². The van der Waals surface area contributed by atoms with Crippen molar-refractivity contribution in [3.05, 3.63) is 30.1 Å². The van der Waals surface area contributed by atoms with Gasteiger partial charge in [0.2, 0.25) is 0 Å². The first-order valence-corrected chi connectivity index (χ1v) is 5.34. The van der Waals surface area contributed by atoms with E-state index in [2.05, 4.69) is 15.6 Å². The van der Waals surface area contributed by atoms with Gasteiger partial charge >= 0.3 is 0 Å². The molecule has 0 bridgehead atoms. The maximum Gasteiger partial charge on any atom is 0.254 e. The van der Waals surface area contributed by atoms with Crippen molar-refractivity contribution < 1.29 is 13.6 Å². The van der Waals surface area contributed by atoms with E-state index >= 15 is 0 Å². The summed E-state index contributed by atoms with van der Waals surface area (Å²) in [4.78, 5) is 15.3. The molecule has 0 aliphatic heterocycles. The van der Waals surface area contributed by atoms with E-state index in [1.807, 2.05) is 0 Å². The van der Waals surface area contributed by atoms with E-state index in [0.29, 0.717) is 5.56 Å². The Morgan fingerprint density at radius 2 is 2.18 bits per heavy atom. The number of nitrogens with one attached hydrogen (secondary N) is 2. The van der Waals surface area contributed by atoms with Crippen LogP contribution < -0.4 is 10.6 Å².